The lowest BCUT2D eigenvalue weighted by molar-refractivity contribution is -0.0737. The summed E-state index contributed by atoms with van der Waals surface area (Å²) < 4.78 is 16.8. The molecule has 3 heterocycles. The molecule has 2 aromatic rings. The Morgan fingerprint density at radius 3 is 2.89 bits per heavy atom. The van der Waals surface area contributed by atoms with E-state index in [9.17, 15) is 20.3 Å². The van der Waals surface area contributed by atoms with Crippen LogP contribution in [0.1, 0.15) is 19.5 Å². The zero-order valence-electron chi connectivity index (χ0n) is 14.8. The smallest absolute Gasteiger partial charge is 0.432 e. The number of ether oxygens (including phenoxy) is 3. The number of nitriles is 1. The Balaban J connectivity index is 1.88. The van der Waals surface area contributed by atoms with Gasteiger partial charge in [-0.25, -0.2) is 9.31 Å². The number of nitrogens with zero attached hydrogens (tertiary/aromatic N) is 3. The minimum atomic E-state index is -1.91. The highest BCUT2D eigenvalue weighted by molar-refractivity contribution is 5.69. The Morgan fingerprint density at radius 2 is 2.22 bits per heavy atom. The van der Waals surface area contributed by atoms with Gasteiger partial charge in [-0.2, -0.15) is 10.4 Å². The van der Waals surface area contributed by atoms with E-state index in [0.717, 1.165) is 0 Å². The first-order valence-electron chi connectivity index (χ1n) is 8.31. The van der Waals surface area contributed by atoms with Gasteiger partial charge in [0.05, 0.1) is 23.0 Å². The van der Waals surface area contributed by atoms with Crippen molar-refractivity contribution in [2.24, 2.45) is 0 Å². The third-order valence-electron chi connectivity index (χ3n) is 4.29. The van der Waals surface area contributed by atoms with Crippen LogP contribution in [0.25, 0.3) is 5.52 Å². The van der Waals surface area contributed by atoms with Gasteiger partial charge in [0.25, 0.3) is 0 Å². The first-order valence-corrected chi connectivity index (χ1v) is 8.31. The van der Waals surface area contributed by atoms with Crippen LogP contribution in [0.3, 0.4) is 0 Å². The molecule has 0 amide bonds. The van der Waals surface area contributed by atoms with E-state index < -0.39 is 36.7 Å². The monoisotopic (exact) mass is 376 g/mol. The van der Waals surface area contributed by atoms with E-state index in [0.29, 0.717) is 11.2 Å². The predicted octanol–water partition coefficient (Wildman–Crippen LogP) is 0.318. The van der Waals surface area contributed by atoms with Gasteiger partial charge in [0.15, 0.2) is 0 Å². The fourth-order valence-electron chi connectivity index (χ4n) is 3.01. The van der Waals surface area contributed by atoms with Crippen LogP contribution in [-0.4, -0.2) is 57.0 Å². The molecule has 0 saturated carbocycles. The van der Waals surface area contributed by atoms with Gasteiger partial charge in [0.2, 0.25) is 5.60 Å². The molecule has 144 valence electrons. The molecule has 2 aromatic heterocycles. The van der Waals surface area contributed by atoms with Crippen LogP contribution >= 0.6 is 0 Å². The van der Waals surface area contributed by atoms with Crippen molar-refractivity contribution in [3.63, 3.8) is 0 Å². The minimum absolute atomic E-state index is 0.200. The fourth-order valence-corrected chi connectivity index (χ4v) is 3.01. The summed E-state index contributed by atoms with van der Waals surface area (Å²) in [6, 6.07) is 6.67. The number of aromatic nitrogens is 2. The second-order valence-electron chi connectivity index (χ2n) is 6.47. The van der Waals surface area contributed by atoms with Gasteiger partial charge in [-0.3, -0.25) is 0 Å². The number of aliphatic hydroxyl groups excluding tert-OH is 2. The highest BCUT2D eigenvalue weighted by Gasteiger charge is 2.57. The topological polar surface area (TPSA) is 152 Å². The third-order valence-corrected chi connectivity index (χ3v) is 4.29. The molecule has 0 aliphatic carbocycles. The second kappa shape index (κ2) is 7.03. The van der Waals surface area contributed by atoms with Crippen LogP contribution in [0.5, 0.6) is 0 Å². The van der Waals surface area contributed by atoms with Crippen LogP contribution in [0.4, 0.5) is 10.5 Å². The van der Waals surface area contributed by atoms with Crippen molar-refractivity contribution in [1.29, 1.82) is 5.26 Å². The lowest BCUT2D eigenvalue weighted by atomic mass is 9.92. The van der Waals surface area contributed by atoms with Gasteiger partial charge in [-0.1, -0.05) is 0 Å². The number of carbonyl (C=O) groups excluding carboxylic acids is 1. The van der Waals surface area contributed by atoms with E-state index in [4.69, 9.17) is 19.9 Å². The summed E-state index contributed by atoms with van der Waals surface area (Å²) >= 11 is 0. The zero-order valence-corrected chi connectivity index (χ0v) is 14.8. The molecule has 1 aliphatic heterocycles. The standard InChI is InChI=1S/C17H20N4O6/c1-9(2)26-16(24)25-7-12-14(22)15(23)17(8-18,27-12)13-4-3-11-10(19)5-6-20-21(11)13/h3-6,9,12,14-15,22-23H,7,19H2,1-2H3/t12-,14-,15-,17+/m1/s1. The van der Waals surface area contributed by atoms with E-state index in [2.05, 4.69) is 5.10 Å². The Morgan fingerprint density at radius 1 is 1.48 bits per heavy atom. The molecule has 3 rings (SSSR count). The summed E-state index contributed by atoms with van der Waals surface area (Å²) in [6.45, 7) is 2.91. The maximum absolute atomic E-state index is 11.5. The molecule has 4 N–H and O–H groups in total. The molecular formula is C17H20N4O6. The first-order chi connectivity index (χ1) is 12.8. The summed E-state index contributed by atoms with van der Waals surface area (Å²) in [5.41, 5.74) is 5.13. The number of carbonyl (C=O) groups is 1. The molecule has 0 aromatic carbocycles. The average molecular weight is 376 g/mol. The summed E-state index contributed by atoms with van der Waals surface area (Å²) in [5, 5.41) is 34.8. The van der Waals surface area contributed by atoms with E-state index >= 15 is 0 Å². The molecular weight excluding hydrogens is 356 g/mol. The van der Waals surface area contributed by atoms with Crippen LogP contribution in [0.15, 0.2) is 24.4 Å². The maximum Gasteiger partial charge on any atom is 0.508 e. The average Bonchev–Trinajstić information content (AvgIpc) is 3.15. The molecule has 1 aliphatic rings. The SMILES string of the molecule is CC(C)OC(=O)OC[C@H]1O[C@@](C#N)(c2ccc3c(N)ccnn23)[C@H](O)[C@@H]1O. The Bertz CT molecular complexity index is 891. The minimum Gasteiger partial charge on any atom is -0.432 e. The normalized spacial score (nSPS) is 27.6. The lowest BCUT2D eigenvalue weighted by Gasteiger charge is -2.24. The van der Waals surface area contributed by atoms with Crippen molar-refractivity contribution in [3.8, 4) is 6.07 Å². The van der Waals surface area contributed by atoms with Crippen LogP contribution in [0.2, 0.25) is 0 Å². The van der Waals surface area contributed by atoms with Gasteiger partial charge in [0.1, 0.15) is 31.0 Å². The van der Waals surface area contributed by atoms with Crippen molar-refractivity contribution >= 4 is 17.4 Å². The Labute approximate surface area is 154 Å². The van der Waals surface area contributed by atoms with Crippen molar-refractivity contribution in [1.82, 2.24) is 9.61 Å². The largest absolute Gasteiger partial charge is 0.508 e. The highest BCUT2D eigenvalue weighted by Crippen LogP contribution is 2.40. The van der Waals surface area contributed by atoms with Crippen molar-refractivity contribution < 1.29 is 29.2 Å². The number of rotatable bonds is 4. The van der Waals surface area contributed by atoms with E-state index in [1.165, 1.54) is 16.8 Å². The van der Waals surface area contributed by atoms with E-state index in [1.54, 1.807) is 26.0 Å². The molecule has 10 nitrogen and oxygen atoms in total. The Kier molecular flexibility index (Phi) is 4.93. The summed E-state index contributed by atoms with van der Waals surface area (Å²) in [7, 11) is 0. The second-order valence-corrected chi connectivity index (χ2v) is 6.47. The molecule has 4 atom stereocenters. The predicted molar refractivity (Wildman–Crippen MR) is 91.4 cm³/mol. The number of hydrogen-bond acceptors (Lipinski definition) is 9. The molecule has 0 radical (unpaired) electrons. The quantitative estimate of drug-likeness (QED) is 0.640. The molecule has 0 bridgehead atoms. The van der Waals surface area contributed by atoms with Crippen molar-refractivity contribution in [2.45, 2.75) is 43.9 Å². The number of nitrogen functional groups attached to an aromatic ring is 1. The molecule has 10 heteroatoms. The number of nitrogens with two attached hydrogens (primary N) is 1. The first kappa shape index (κ1) is 18.9. The molecule has 27 heavy (non-hydrogen) atoms. The summed E-state index contributed by atoms with van der Waals surface area (Å²) in [6.07, 6.45) is -4.07. The number of anilines is 1. The maximum atomic E-state index is 11.5. The number of aliphatic hydroxyl groups is 2. The number of fused-ring (bicyclic) bond motifs is 1. The summed E-state index contributed by atoms with van der Waals surface area (Å²) in [5.74, 6) is 0. The van der Waals surface area contributed by atoms with Gasteiger partial charge < -0.3 is 30.2 Å². The van der Waals surface area contributed by atoms with Gasteiger partial charge in [-0.05, 0) is 32.0 Å². The Hall–Kier alpha value is -2.87. The van der Waals surface area contributed by atoms with E-state index in [1.807, 2.05) is 6.07 Å². The zero-order chi connectivity index (χ0) is 19.8. The van der Waals surface area contributed by atoms with Crippen molar-refractivity contribution in [2.75, 3.05) is 12.3 Å². The summed E-state index contributed by atoms with van der Waals surface area (Å²) in [4.78, 5) is 11.5. The van der Waals surface area contributed by atoms with Crippen LogP contribution in [-0.2, 0) is 19.8 Å². The fraction of sp³-hybridized carbons (Fsp3) is 0.471. The molecule has 1 fully saturated rings. The lowest BCUT2D eigenvalue weighted by Crippen LogP contribution is -2.41. The molecule has 0 unspecified atom stereocenters. The van der Waals surface area contributed by atoms with Crippen LogP contribution in [0, 0.1) is 11.3 Å². The van der Waals surface area contributed by atoms with E-state index in [-0.39, 0.29) is 11.8 Å². The third kappa shape index (κ3) is 3.16. The van der Waals surface area contributed by atoms with Gasteiger partial charge in [-0.15, -0.1) is 0 Å². The van der Waals surface area contributed by atoms with Crippen molar-refractivity contribution in [3.05, 3.63) is 30.1 Å². The molecule has 1 saturated heterocycles. The number of hydrogen-bond donors (Lipinski definition) is 3. The van der Waals surface area contributed by atoms with Crippen LogP contribution < -0.4 is 5.73 Å². The molecule has 0 spiro atoms. The van der Waals surface area contributed by atoms with Gasteiger partial charge >= 0.3 is 6.16 Å². The van der Waals surface area contributed by atoms with Gasteiger partial charge in [0, 0.05) is 6.20 Å². The highest BCUT2D eigenvalue weighted by atomic mass is 16.7.